The highest BCUT2D eigenvalue weighted by Gasteiger charge is 2.52. The van der Waals surface area contributed by atoms with Crippen LogP contribution in [0.3, 0.4) is 0 Å². The van der Waals surface area contributed by atoms with Gasteiger partial charge in [0, 0.05) is 21.3 Å². The van der Waals surface area contributed by atoms with Gasteiger partial charge in [0.1, 0.15) is 26.5 Å². The van der Waals surface area contributed by atoms with Crippen LogP contribution >= 0.6 is 0 Å². The number of hydrogen-bond acceptors (Lipinski definition) is 11. The number of aliphatic hydroxyl groups is 1. The lowest BCUT2D eigenvalue weighted by Gasteiger charge is -2.46. The molecule has 0 aliphatic carbocycles. The van der Waals surface area contributed by atoms with Crippen LogP contribution in [0.5, 0.6) is 0 Å². The maximum Gasteiger partial charge on any atom is 0.312 e. The number of unbranched alkanes of at least 4 members (excludes halogenated alkanes) is 11. The van der Waals surface area contributed by atoms with Crippen LogP contribution in [0.1, 0.15) is 182 Å². The number of methoxy groups -OCH3 is 3. The fourth-order valence-corrected chi connectivity index (χ4v) is 15.4. The molecule has 0 amide bonds. The molecule has 2 unspecified atom stereocenters. The van der Waals surface area contributed by atoms with Crippen molar-refractivity contribution in [2.75, 3.05) is 41.7 Å². The van der Waals surface area contributed by atoms with E-state index >= 15 is 0 Å². The summed E-state index contributed by atoms with van der Waals surface area (Å²) in [6.45, 7) is 11.3. The van der Waals surface area contributed by atoms with Crippen molar-refractivity contribution in [3.05, 3.63) is 60.7 Å². The summed E-state index contributed by atoms with van der Waals surface area (Å²) < 4.78 is 55.6. The second-order valence-corrected chi connectivity index (χ2v) is 25.2. The number of ether oxygens (including phenoxy) is 8. The maximum atomic E-state index is 14.7. The molecule has 1 N–H and O–H groups in total. The number of hydrogen-bond donors (Lipinski definition) is 1. The first-order valence-corrected chi connectivity index (χ1v) is 29.0. The Hall–Kier alpha value is -2.23. The first-order chi connectivity index (χ1) is 33.5. The molecule has 11 nitrogen and oxygen atoms in total. The van der Waals surface area contributed by atoms with E-state index in [1.54, 1.807) is 21.3 Å². The van der Waals surface area contributed by atoms with E-state index in [0.717, 1.165) is 61.7 Å². The van der Waals surface area contributed by atoms with Crippen LogP contribution in [0.15, 0.2) is 60.7 Å². The second kappa shape index (κ2) is 33.5. The molecule has 2 saturated heterocycles. The molecule has 9 atom stereocenters. The van der Waals surface area contributed by atoms with Gasteiger partial charge in [-0.2, -0.15) is 0 Å². The normalized spacial score (nSPS) is 22.7. The van der Waals surface area contributed by atoms with Crippen LogP contribution in [-0.4, -0.2) is 110 Å². The third-order valence-electron chi connectivity index (χ3n) is 14.6. The molecule has 2 aliphatic heterocycles. The molecular weight excluding hydrogens is 889 g/mol. The van der Waals surface area contributed by atoms with E-state index in [-0.39, 0.29) is 68.5 Å². The minimum atomic E-state index is -3.06. The van der Waals surface area contributed by atoms with E-state index in [9.17, 15) is 9.90 Å². The molecule has 0 bridgehead atoms. The molecular formula is C57H96O11Si. The quantitative estimate of drug-likeness (QED) is 0.0318. The van der Waals surface area contributed by atoms with Gasteiger partial charge in [-0.15, -0.1) is 0 Å². The average molecular weight is 985 g/mol. The number of cyclic esters (lactones) is 1. The highest BCUT2D eigenvalue weighted by Crippen LogP contribution is 2.39. The molecule has 0 radical (unpaired) electrons. The van der Waals surface area contributed by atoms with Crippen molar-refractivity contribution < 1.29 is 52.2 Å². The van der Waals surface area contributed by atoms with Gasteiger partial charge in [0.05, 0.1) is 48.6 Å². The van der Waals surface area contributed by atoms with Crippen molar-refractivity contribution in [2.24, 2.45) is 5.92 Å². The smallest absolute Gasteiger partial charge is 0.312 e. The predicted molar refractivity (Wildman–Crippen MR) is 278 cm³/mol. The maximum absolute atomic E-state index is 14.7. The number of esters is 1. The molecule has 4 rings (SSSR count). The monoisotopic (exact) mass is 985 g/mol. The lowest BCUT2D eigenvalue weighted by atomic mass is 9.90. The molecule has 0 aromatic heterocycles. The minimum absolute atomic E-state index is 0.0487. The van der Waals surface area contributed by atoms with Gasteiger partial charge in [0.15, 0.2) is 0 Å². The van der Waals surface area contributed by atoms with Gasteiger partial charge in [-0.25, -0.2) is 0 Å². The average Bonchev–Trinajstić information content (AvgIpc) is 3.83. The molecule has 2 fully saturated rings. The Balaban J connectivity index is 1.44. The van der Waals surface area contributed by atoms with E-state index in [1.165, 1.54) is 70.6 Å². The summed E-state index contributed by atoms with van der Waals surface area (Å²) in [6, 6.07) is 20.8. The van der Waals surface area contributed by atoms with Crippen molar-refractivity contribution in [1.29, 1.82) is 0 Å². The Labute approximate surface area is 419 Å². The molecule has 12 heteroatoms. The zero-order valence-electron chi connectivity index (χ0n) is 44.4. The van der Waals surface area contributed by atoms with Crippen LogP contribution in [0.2, 0.25) is 5.04 Å². The van der Waals surface area contributed by atoms with Crippen molar-refractivity contribution in [2.45, 2.75) is 236 Å². The zero-order chi connectivity index (χ0) is 49.7. The minimum Gasteiger partial charge on any atom is -0.462 e. The number of aliphatic hydroxyl groups excluding tert-OH is 1. The van der Waals surface area contributed by atoms with Gasteiger partial charge in [0.25, 0.3) is 8.32 Å². The van der Waals surface area contributed by atoms with E-state index in [0.29, 0.717) is 19.3 Å². The van der Waals surface area contributed by atoms with Crippen LogP contribution < -0.4 is 10.4 Å². The van der Waals surface area contributed by atoms with Crippen molar-refractivity contribution in [1.82, 2.24) is 0 Å². The Bertz CT molecular complexity index is 1550. The molecule has 2 aromatic carbocycles. The molecule has 0 spiro atoms. The van der Waals surface area contributed by atoms with Crippen molar-refractivity contribution in [3.8, 4) is 0 Å². The standard InChI is InChI=1S/C57H96O11Si/c1-9-10-11-12-13-14-15-16-17-18-19-29-36-51(64-43-61-7)53-39-40-54(67-53)52(65-44-62-8)38-37-46-30-23-20-24-31-47(63-42-60-6)41-50(56(59)66-46)55(58)45(2)68-69(57(3,4)5,48-32-25-21-26-33-48)49-34-27-22-28-35-49/h21-22,25-28,32-35,45-47,50-55,58H,9-20,23-24,29-31,36-44H2,1-8H3/t45-,46+,47+,50?,51-,52+,53+,54+,55?/m0/s1. The fraction of sp³-hybridized carbons (Fsp3) is 0.772. The summed E-state index contributed by atoms with van der Waals surface area (Å²) in [6.07, 6.45) is 21.1. The summed E-state index contributed by atoms with van der Waals surface area (Å²) >= 11 is 0. The Morgan fingerprint density at radius 2 is 1.17 bits per heavy atom. The number of rotatable bonds is 33. The molecule has 2 heterocycles. The van der Waals surface area contributed by atoms with E-state index in [2.05, 4.69) is 52.0 Å². The fourth-order valence-electron chi connectivity index (χ4n) is 10.7. The van der Waals surface area contributed by atoms with Gasteiger partial charge in [-0.3, -0.25) is 4.79 Å². The lowest BCUT2D eigenvalue weighted by Crippen LogP contribution is -2.68. The van der Waals surface area contributed by atoms with E-state index in [1.807, 2.05) is 43.3 Å². The van der Waals surface area contributed by atoms with E-state index in [4.69, 9.17) is 42.3 Å². The Kier molecular flexibility index (Phi) is 28.8. The number of benzene rings is 2. The van der Waals surface area contributed by atoms with Crippen LogP contribution in [0.4, 0.5) is 0 Å². The first-order valence-electron chi connectivity index (χ1n) is 27.1. The Morgan fingerprint density at radius 1 is 0.667 bits per heavy atom. The summed E-state index contributed by atoms with van der Waals surface area (Å²) in [5, 5.41) is 14.4. The highest BCUT2D eigenvalue weighted by atomic mass is 28.4. The lowest BCUT2D eigenvalue weighted by molar-refractivity contribution is -0.169. The molecule has 394 valence electrons. The van der Waals surface area contributed by atoms with E-state index < -0.39 is 32.4 Å². The van der Waals surface area contributed by atoms with Gasteiger partial charge >= 0.3 is 5.97 Å². The topological polar surface area (TPSA) is 120 Å². The van der Waals surface area contributed by atoms with Gasteiger partial charge in [-0.05, 0) is 80.1 Å². The third-order valence-corrected chi connectivity index (χ3v) is 19.7. The SMILES string of the molecule is CCCCCCCCCCCCCC[C@H](OCOC)[C@H]1CC[C@H]([C@@H](CC[C@H]2CCCCC[C@@H](OCOC)CC(C(O)[C@H](C)O[Si](c3ccccc3)(c3ccccc3)C(C)(C)C)C(=O)O2)OCOC)O1. The molecule has 2 aromatic rings. The van der Waals surface area contributed by atoms with Gasteiger partial charge in [-0.1, -0.05) is 178 Å². The molecule has 69 heavy (non-hydrogen) atoms. The summed E-state index contributed by atoms with van der Waals surface area (Å²) in [7, 11) is 1.85. The Morgan fingerprint density at radius 3 is 1.70 bits per heavy atom. The van der Waals surface area contributed by atoms with Gasteiger partial charge < -0.3 is 47.4 Å². The van der Waals surface area contributed by atoms with Gasteiger partial charge in [0.2, 0.25) is 0 Å². The zero-order valence-corrected chi connectivity index (χ0v) is 45.4. The largest absolute Gasteiger partial charge is 0.462 e. The summed E-state index contributed by atoms with van der Waals surface area (Å²) in [4.78, 5) is 14.7. The van der Waals surface area contributed by atoms with Crippen LogP contribution in [0, 0.1) is 5.92 Å². The predicted octanol–water partition coefficient (Wildman–Crippen LogP) is 11.6. The first kappa shape index (κ1) is 59.3. The number of carbonyl (C=O) groups is 1. The third kappa shape index (κ3) is 20.0. The van der Waals surface area contributed by atoms with Crippen LogP contribution in [0.25, 0.3) is 0 Å². The second-order valence-electron chi connectivity index (χ2n) is 21.0. The number of carbonyl (C=O) groups excluding carboxylic acids is 1. The molecule has 2 aliphatic rings. The van der Waals surface area contributed by atoms with Crippen molar-refractivity contribution in [3.63, 3.8) is 0 Å². The summed E-state index contributed by atoms with van der Waals surface area (Å²) in [5.41, 5.74) is 0. The van der Waals surface area contributed by atoms with Crippen LogP contribution in [-0.2, 0) is 47.1 Å². The molecule has 0 saturated carbocycles. The highest BCUT2D eigenvalue weighted by molar-refractivity contribution is 6.99. The summed E-state index contributed by atoms with van der Waals surface area (Å²) in [5.74, 6) is -1.32. The van der Waals surface area contributed by atoms with Crippen molar-refractivity contribution >= 4 is 24.7 Å².